The fraction of sp³-hybridized carbons (Fsp3) is 0.429. The number of fused-ring (bicyclic) bond motifs is 1. The maximum Gasteiger partial charge on any atom is 0.138 e. The number of rotatable bonds is 4. The van der Waals surface area contributed by atoms with Crippen molar-refractivity contribution in [3.8, 4) is 0 Å². The number of aromatic nitrogens is 3. The Bertz CT molecular complexity index is 579. The number of hydrogen-bond acceptors (Lipinski definition) is 4. The van der Waals surface area contributed by atoms with Crippen LogP contribution in [0.1, 0.15) is 35.5 Å². The van der Waals surface area contributed by atoms with Crippen molar-refractivity contribution in [2.24, 2.45) is 5.73 Å². The van der Waals surface area contributed by atoms with E-state index in [4.69, 9.17) is 10.5 Å². The standard InChI is InChI=1S/C14H18N4O/c1-2-18-14(16-9-17-18)6-13(15)10-3-4-11-7-19-8-12(11)5-10/h3-5,9,13H,2,6-8,15H2,1H3. The van der Waals surface area contributed by atoms with Gasteiger partial charge >= 0.3 is 0 Å². The van der Waals surface area contributed by atoms with Gasteiger partial charge in [0.25, 0.3) is 0 Å². The molecule has 100 valence electrons. The summed E-state index contributed by atoms with van der Waals surface area (Å²) in [6.45, 7) is 4.28. The van der Waals surface area contributed by atoms with Gasteiger partial charge in [-0.3, -0.25) is 4.68 Å². The van der Waals surface area contributed by atoms with Crippen LogP contribution in [0.2, 0.25) is 0 Å². The van der Waals surface area contributed by atoms with Crippen molar-refractivity contribution >= 4 is 0 Å². The van der Waals surface area contributed by atoms with E-state index in [1.807, 2.05) is 4.68 Å². The van der Waals surface area contributed by atoms with Crippen LogP contribution in [-0.2, 0) is 30.9 Å². The Hall–Kier alpha value is -1.72. The molecule has 0 spiro atoms. The highest BCUT2D eigenvalue weighted by Gasteiger charge is 2.16. The topological polar surface area (TPSA) is 66.0 Å². The second-order valence-corrected chi connectivity index (χ2v) is 4.82. The molecular weight excluding hydrogens is 240 g/mol. The minimum atomic E-state index is -0.0552. The summed E-state index contributed by atoms with van der Waals surface area (Å²) in [7, 11) is 0. The normalized spacial score (nSPS) is 15.5. The summed E-state index contributed by atoms with van der Waals surface area (Å²) >= 11 is 0. The first-order chi connectivity index (χ1) is 9.28. The van der Waals surface area contributed by atoms with Crippen LogP contribution >= 0.6 is 0 Å². The second-order valence-electron chi connectivity index (χ2n) is 4.82. The zero-order chi connectivity index (χ0) is 13.2. The van der Waals surface area contributed by atoms with E-state index < -0.39 is 0 Å². The Balaban J connectivity index is 1.79. The van der Waals surface area contributed by atoms with Gasteiger partial charge < -0.3 is 10.5 Å². The maximum atomic E-state index is 6.28. The van der Waals surface area contributed by atoms with Crippen molar-refractivity contribution in [2.45, 2.75) is 39.1 Å². The fourth-order valence-corrected chi connectivity index (χ4v) is 2.45. The van der Waals surface area contributed by atoms with Crippen LogP contribution < -0.4 is 5.73 Å². The van der Waals surface area contributed by atoms with Crippen molar-refractivity contribution in [1.82, 2.24) is 14.8 Å². The summed E-state index contributed by atoms with van der Waals surface area (Å²) in [5.41, 5.74) is 9.94. The number of nitrogens with two attached hydrogens (primary N) is 1. The van der Waals surface area contributed by atoms with Gasteiger partial charge in [0, 0.05) is 19.0 Å². The monoisotopic (exact) mass is 258 g/mol. The van der Waals surface area contributed by atoms with Crippen LogP contribution in [0.4, 0.5) is 0 Å². The summed E-state index contributed by atoms with van der Waals surface area (Å²) < 4.78 is 7.31. The number of aryl methyl sites for hydroxylation is 1. The average Bonchev–Trinajstić information content (AvgIpc) is 3.05. The van der Waals surface area contributed by atoms with E-state index in [-0.39, 0.29) is 6.04 Å². The lowest BCUT2D eigenvalue weighted by Crippen LogP contribution is -2.17. The molecule has 0 bridgehead atoms. The van der Waals surface area contributed by atoms with Crippen LogP contribution in [0.25, 0.3) is 0 Å². The molecular formula is C14H18N4O. The van der Waals surface area contributed by atoms with Crippen LogP contribution in [0.5, 0.6) is 0 Å². The van der Waals surface area contributed by atoms with E-state index in [1.165, 1.54) is 11.1 Å². The van der Waals surface area contributed by atoms with Gasteiger partial charge in [-0.25, -0.2) is 4.98 Å². The van der Waals surface area contributed by atoms with Gasteiger partial charge in [-0.1, -0.05) is 18.2 Å². The molecule has 5 nitrogen and oxygen atoms in total. The van der Waals surface area contributed by atoms with Crippen LogP contribution in [0.15, 0.2) is 24.5 Å². The highest BCUT2D eigenvalue weighted by Crippen LogP contribution is 2.24. The zero-order valence-electron chi connectivity index (χ0n) is 11.0. The molecule has 2 heterocycles. The summed E-state index contributed by atoms with van der Waals surface area (Å²) in [4.78, 5) is 4.27. The average molecular weight is 258 g/mol. The lowest BCUT2D eigenvalue weighted by atomic mass is 9.99. The van der Waals surface area contributed by atoms with Crippen molar-refractivity contribution in [1.29, 1.82) is 0 Å². The third kappa shape index (κ3) is 2.39. The van der Waals surface area contributed by atoms with Gasteiger partial charge in [0.15, 0.2) is 0 Å². The molecule has 2 aromatic rings. The number of benzene rings is 1. The van der Waals surface area contributed by atoms with Crippen LogP contribution in [0, 0.1) is 0 Å². The van der Waals surface area contributed by atoms with Gasteiger partial charge in [-0.2, -0.15) is 5.10 Å². The van der Waals surface area contributed by atoms with Crippen molar-refractivity contribution in [2.75, 3.05) is 0 Å². The Kier molecular flexibility index (Phi) is 3.31. The molecule has 1 atom stereocenters. The summed E-state index contributed by atoms with van der Waals surface area (Å²) in [6.07, 6.45) is 2.29. The molecule has 1 aliphatic rings. The molecule has 1 unspecified atom stereocenters. The minimum absolute atomic E-state index is 0.0552. The van der Waals surface area contributed by atoms with E-state index >= 15 is 0 Å². The molecule has 1 aromatic heterocycles. The highest BCUT2D eigenvalue weighted by atomic mass is 16.5. The molecule has 0 fully saturated rings. The molecule has 0 saturated heterocycles. The van der Waals surface area contributed by atoms with Crippen LogP contribution in [0.3, 0.4) is 0 Å². The SMILES string of the molecule is CCn1ncnc1CC(N)c1ccc2c(c1)COC2. The smallest absolute Gasteiger partial charge is 0.138 e. The van der Waals surface area contributed by atoms with E-state index in [0.717, 1.165) is 24.5 Å². The molecule has 0 radical (unpaired) electrons. The molecule has 0 amide bonds. The van der Waals surface area contributed by atoms with Gasteiger partial charge in [-0.05, 0) is 23.6 Å². The summed E-state index contributed by atoms with van der Waals surface area (Å²) in [5.74, 6) is 0.937. The number of hydrogen-bond donors (Lipinski definition) is 1. The lowest BCUT2D eigenvalue weighted by Gasteiger charge is -2.13. The molecule has 19 heavy (non-hydrogen) atoms. The van der Waals surface area contributed by atoms with E-state index in [0.29, 0.717) is 13.0 Å². The van der Waals surface area contributed by atoms with E-state index in [2.05, 4.69) is 35.2 Å². The quantitative estimate of drug-likeness (QED) is 0.904. The predicted octanol–water partition coefficient (Wildman–Crippen LogP) is 1.57. The molecule has 1 aromatic carbocycles. The van der Waals surface area contributed by atoms with E-state index in [1.54, 1.807) is 6.33 Å². The highest BCUT2D eigenvalue weighted by molar-refractivity contribution is 5.34. The first kappa shape index (κ1) is 12.3. The molecule has 5 heteroatoms. The third-order valence-corrected chi connectivity index (χ3v) is 3.57. The molecule has 0 saturated carbocycles. The number of ether oxygens (including phenoxy) is 1. The lowest BCUT2D eigenvalue weighted by molar-refractivity contribution is 0.134. The molecule has 3 rings (SSSR count). The largest absolute Gasteiger partial charge is 0.372 e. The Morgan fingerprint density at radius 2 is 2.21 bits per heavy atom. The van der Waals surface area contributed by atoms with E-state index in [9.17, 15) is 0 Å². The Morgan fingerprint density at radius 3 is 3.05 bits per heavy atom. The fourth-order valence-electron chi connectivity index (χ4n) is 2.45. The predicted molar refractivity (Wildman–Crippen MR) is 71.3 cm³/mol. The van der Waals surface area contributed by atoms with Gasteiger partial charge in [0.05, 0.1) is 13.2 Å². The van der Waals surface area contributed by atoms with Gasteiger partial charge in [0.2, 0.25) is 0 Å². The van der Waals surface area contributed by atoms with Crippen molar-refractivity contribution in [3.63, 3.8) is 0 Å². The van der Waals surface area contributed by atoms with Crippen molar-refractivity contribution in [3.05, 3.63) is 47.0 Å². The summed E-state index contributed by atoms with van der Waals surface area (Å²) in [6, 6.07) is 6.30. The minimum Gasteiger partial charge on any atom is -0.372 e. The zero-order valence-corrected chi connectivity index (χ0v) is 11.0. The molecule has 2 N–H and O–H groups in total. The second kappa shape index (κ2) is 5.11. The maximum absolute atomic E-state index is 6.28. The van der Waals surface area contributed by atoms with Crippen LogP contribution in [-0.4, -0.2) is 14.8 Å². The first-order valence-electron chi connectivity index (χ1n) is 6.59. The third-order valence-electron chi connectivity index (χ3n) is 3.57. The Morgan fingerprint density at radius 1 is 1.37 bits per heavy atom. The van der Waals surface area contributed by atoms with Crippen molar-refractivity contribution < 1.29 is 4.74 Å². The Labute approximate surface area is 112 Å². The summed E-state index contributed by atoms with van der Waals surface area (Å²) in [5, 5.41) is 4.17. The van der Waals surface area contributed by atoms with Gasteiger partial charge in [0.1, 0.15) is 12.2 Å². The number of nitrogens with zero attached hydrogens (tertiary/aromatic N) is 3. The molecule has 0 aliphatic carbocycles. The molecule has 1 aliphatic heterocycles. The van der Waals surface area contributed by atoms with Gasteiger partial charge in [-0.15, -0.1) is 0 Å². The first-order valence-corrected chi connectivity index (χ1v) is 6.59.